The molecule has 0 aliphatic rings. The van der Waals surface area contributed by atoms with Crippen molar-refractivity contribution in [3.05, 3.63) is 0 Å². The quantitative estimate of drug-likeness (QED) is 0.610. The van der Waals surface area contributed by atoms with Gasteiger partial charge in [0.15, 0.2) is 0 Å². The van der Waals surface area contributed by atoms with Gasteiger partial charge >= 0.3 is 0 Å². The van der Waals surface area contributed by atoms with E-state index in [4.69, 9.17) is 0 Å². The molecule has 1 amide bonds. The van der Waals surface area contributed by atoms with Crippen LogP contribution in [0.1, 0.15) is 59.8 Å². The molecule has 0 aromatic rings. The first-order chi connectivity index (χ1) is 7.95. The molecular formula is C14H30N2O. The Balaban J connectivity index is 3.25. The number of unbranched alkanes of at least 4 members (excludes halogenated alkanes) is 3. The van der Waals surface area contributed by atoms with E-state index >= 15 is 0 Å². The topological polar surface area (TPSA) is 41.1 Å². The second-order valence-electron chi connectivity index (χ2n) is 5.86. The summed E-state index contributed by atoms with van der Waals surface area (Å²) in [4.78, 5) is 11.5. The maximum atomic E-state index is 11.5. The van der Waals surface area contributed by atoms with Crippen molar-refractivity contribution in [2.75, 3.05) is 19.6 Å². The van der Waals surface area contributed by atoms with Crippen LogP contribution in [-0.4, -0.2) is 25.5 Å². The number of hydrogen-bond donors (Lipinski definition) is 2. The van der Waals surface area contributed by atoms with E-state index in [9.17, 15) is 4.79 Å². The maximum Gasteiger partial charge on any atom is 0.220 e. The molecular weight excluding hydrogens is 212 g/mol. The first-order valence-corrected chi connectivity index (χ1v) is 6.93. The Bertz CT molecular complexity index is 197. The third kappa shape index (κ3) is 13.4. The van der Waals surface area contributed by atoms with Crippen molar-refractivity contribution in [1.29, 1.82) is 0 Å². The molecule has 0 bridgehead atoms. The Kier molecular flexibility index (Phi) is 9.14. The molecule has 3 nitrogen and oxygen atoms in total. The van der Waals surface area contributed by atoms with Gasteiger partial charge in [0.05, 0.1) is 0 Å². The lowest BCUT2D eigenvalue weighted by atomic mass is 9.92. The lowest BCUT2D eigenvalue weighted by Crippen LogP contribution is -2.28. The lowest BCUT2D eigenvalue weighted by molar-refractivity contribution is -0.122. The molecule has 0 heterocycles. The summed E-state index contributed by atoms with van der Waals surface area (Å²) in [5.74, 6) is 0.185. The van der Waals surface area contributed by atoms with E-state index in [1.165, 1.54) is 19.3 Å². The number of carbonyl (C=O) groups excluding carboxylic acids is 1. The van der Waals surface area contributed by atoms with Gasteiger partial charge in [-0.05, 0) is 31.3 Å². The summed E-state index contributed by atoms with van der Waals surface area (Å²) in [6.07, 6.45) is 5.42. The summed E-state index contributed by atoms with van der Waals surface area (Å²) in [6.45, 7) is 11.4. The van der Waals surface area contributed by atoms with Crippen LogP contribution in [0, 0.1) is 5.41 Å². The minimum absolute atomic E-state index is 0.0932. The molecule has 17 heavy (non-hydrogen) atoms. The molecule has 0 atom stereocenters. The van der Waals surface area contributed by atoms with Crippen LogP contribution in [0.5, 0.6) is 0 Å². The minimum Gasteiger partial charge on any atom is -0.356 e. The molecule has 0 aliphatic heterocycles. The normalized spacial score (nSPS) is 11.5. The molecule has 0 aliphatic carbocycles. The summed E-state index contributed by atoms with van der Waals surface area (Å²) < 4.78 is 0. The van der Waals surface area contributed by atoms with Crippen LogP contribution in [0.15, 0.2) is 0 Å². The van der Waals surface area contributed by atoms with E-state index in [0.29, 0.717) is 6.42 Å². The van der Waals surface area contributed by atoms with E-state index < -0.39 is 0 Å². The highest BCUT2D eigenvalue weighted by Crippen LogP contribution is 2.17. The summed E-state index contributed by atoms with van der Waals surface area (Å²) in [5.41, 5.74) is 0.0932. The van der Waals surface area contributed by atoms with Gasteiger partial charge in [-0.2, -0.15) is 0 Å². The van der Waals surface area contributed by atoms with Gasteiger partial charge in [-0.25, -0.2) is 0 Å². The molecule has 0 unspecified atom stereocenters. The van der Waals surface area contributed by atoms with Crippen molar-refractivity contribution < 1.29 is 4.79 Å². The monoisotopic (exact) mass is 242 g/mol. The third-order valence-corrected chi connectivity index (χ3v) is 2.54. The van der Waals surface area contributed by atoms with Gasteiger partial charge in [0, 0.05) is 13.0 Å². The minimum atomic E-state index is 0.0932. The van der Waals surface area contributed by atoms with E-state index in [1.807, 2.05) is 0 Å². The first-order valence-electron chi connectivity index (χ1n) is 6.93. The highest BCUT2D eigenvalue weighted by atomic mass is 16.1. The highest BCUT2D eigenvalue weighted by Gasteiger charge is 2.14. The second kappa shape index (κ2) is 9.46. The van der Waals surface area contributed by atoms with Crippen LogP contribution < -0.4 is 10.6 Å². The summed E-state index contributed by atoms with van der Waals surface area (Å²) in [7, 11) is 0. The summed E-state index contributed by atoms with van der Waals surface area (Å²) in [6, 6.07) is 0. The first kappa shape index (κ1) is 16.4. The summed E-state index contributed by atoms with van der Waals surface area (Å²) >= 11 is 0. The zero-order valence-electron chi connectivity index (χ0n) is 12.1. The van der Waals surface area contributed by atoms with Crippen LogP contribution in [0.25, 0.3) is 0 Å². The Morgan fingerprint density at radius 3 is 2.12 bits per heavy atom. The maximum absolute atomic E-state index is 11.5. The smallest absolute Gasteiger partial charge is 0.220 e. The molecule has 0 radical (unpaired) electrons. The molecule has 0 aromatic heterocycles. The average Bonchev–Trinajstić information content (AvgIpc) is 2.19. The molecule has 0 saturated heterocycles. The van der Waals surface area contributed by atoms with Gasteiger partial charge in [-0.1, -0.05) is 40.5 Å². The fourth-order valence-electron chi connectivity index (χ4n) is 1.68. The molecule has 0 aromatic carbocycles. The van der Waals surface area contributed by atoms with Crippen molar-refractivity contribution in [2.45, 2.75) is 59.8 Å². The Labute approximate surface area is 107 Å². The zero-order chi connectivity index (χ0) is 13.1. The largest absolute Gasteiger partial charge is 0.356 e. The zero-order valence-corrected chi connectivity index (χ0v) is 12.1. The molecule has 0 fully saturated rings. The van der Waals surface area contributed by atoms with Crippen molar-refractivity contribution in [2.24, 2.45) is 5.41 Å². The van der Waals surface area contributed by atoms with Crippen LogP contribution in [0.3, 0.4) is 0 Å². The Hall–Kier alpha value is -0.570. The molecule has 0 saturated carbocycles. The molecule has 102 valence electrons. The van der Waals surface area contributed by atoms with Crippen LogP contribution >= 0.6 is 0 Å². The molecule has 3 heteroatoms. The van der Waals surface area contributed by atoms with E-state index in [2.05, 4.69) is 38.3 Å². The third-order valence-electron chi connectivity index (χ3n) is 2.54. The van der Waals surface area contributed by atoms with Gasteiger partial charge < -0.3 is 10.6 Å². The standard InChI is InChI=1S/C14H30N2O/c1-5-15-10-8-6-7-9-11-16-13(17)12-14(2,3)4/h15H,5-12H2,1-4H3,(H,16,17). The average molecular weight is 242 g/mol. The highest BCUT2D eigenvalue weighted by molar-refractivity contribution is 5.76. The van der Waals surface area contributed by atoms with Crippen molar-refractivity contribution in [3.63, 3.8) is 0 Å². The molecule has 0 spiro atoms. The van der Waals surface area contributed by atoms with Crippen molar-refractivity contribution in [1.82, 2.24) is 10.6 Å². The number of hydrogen-bond acceptors (Lipinski definition) is 2. The Morgan fingerprint density at radius 2 is 1.59 bits per heavy atom. The van der Waals surface area contributed by atoms with E-state index in [1.54, 1.807) is 0 Å². The van der Waals surface area contributed by atoms with Gasteiger partial charge in [0.2, 0.25) is 5.91 Å². The molecule has 2 N–H and O–H groups in total. The predicted molar refractivity (Wildman–Crippen MR) is 74.1 cm³/mol. The van der Waals surface area contributed by atoms with Gasteiger partial charge in [-0.15, -0.1) is 0 Å². The van der Waals surface area contributed by atoms with Gasteiger partial charge in [0.25, 0.3) is 0 Å². The number of rotatable bonds is 9. The van der Waals surface area contributed by atoms with E-state index in [0.717, 1.165) is 26.1 Å². The van der Waals surface area contributed by atoms with Gasteiger partial charge in [0.1, 0.15) is 0 Å². The number of amides is 1. The van der Waals surface area contributed by atoms with Crippen LogP contribution in [-0.2, 0) is 4.79 Å². The van der Waals surface area contributed by atoms with Gasteiger partial charge in [-0.3, -0.25) is 4.79 Å². The van der Waals surface area contributed by atoms with Crippen LogP contribution in [0.2, 0.25) is 0 Å². The fourth-order valence-corrected chi connectivity index (χ4v) is 1.68. The lowest BCUT2D eigenvalue weighted by Gasteiger charge is -2.17. The summed E-state index contributed by atoms with van der Waals surface area (Å²) in [5, 5.41) is 6.30. The molecule has 0 rings (SSSR count). The number of carbonyl (C=O) groups is 1. The fraction of sp³-hybridized carbons (Fsp3) is 0.929. The Morgan fingerprint density at radius 1 is 1.00 bits per heavy atom. The van der Waals surface area contributed by atoms with Crippen molar-refractivity contribution in [3.8, 4) is 0 Å². The van der Waals surface area contributed by atoms with E-state index in [-0.39, 0.29) is 11.3 Å². The SMILES string of the molecule is CCNCCCCCCNC(=O)CC(C)(C)C. The van der Waals surface area contributed by atoms with Crippen LogP contribution in [0.4, 0.5) is 0 Å². The number of nitrogens with one attached hydrogen (secondary N) is 2. The predicted octanol–water partition coefficient (Wildman–Crippen LogP) is 2.71. The second-order valence-corrected chi connectivity index (χ2v) is 5.86. The van der Waals surface area contributed by atoms with Crippen molar-refractivity contribution >= 4 is 5.91 Å².